The van der Waals surface area contributed by atoms with E-state index in [0.29, 0.717) is 11.3 Å². The van der Waals surface area contributed by atoms with Gasteiger partial charge in [-0.1, -0.05) is 35.9 Å². The quantitative estimate of drug-likeness (QED) is 0.595. The minimum atomic E-state index is -0.990. The third-order valence-electron chi connectivity index (χ3n) is 5.43. The molecule has 0 saturated heterocycles. The molecule has 3 aromatic rings. The van der Waals surface area contributed by atoms with Crippen LogP contribution in [0.2, 0.25) is 0 Å². The number of hydrogen-bond donors (Lipinski definition) is 1. The van der Waals surface area contributed by atoms with E-state index in [0.717, 1.165) is 37.2 Å². The van der Waals surface area contributed by atoms with Crippen LogP contribution in [0.25, 0.3) is 0 Å². The van der Waals surface area contributed by atoms with Crippen LogP contribution < -0.4 is 5.32 Å². The van der Waals surface area contributed by atoms with E-state index in [-0.39, 0.29) is 30.0 Å². The Balaban J connectivity index is 1.67. The molecule has 1 saturated carbocycles. The molecule has 0 unspecified atom stereocenters. The monoisotopic (exact) mass is 442 g/mol. The van der Waals surface area contributed by atoms with Gasteiger partial charge in [0.1, 0.15) is 11.6 Å². The zero-order chi connectivity index (χ0) is 21.6. The Kier molecular flexibility index (Phi) is 6.71. The summed E-state index contributed by atoms with van der Waals surface area (Å²) in [5.74, 6) is -0.770. The summed E-state index contributed by atoms with van der Waals surface area (Å²) >= 11 is 1.06. The second-order valence-electron chi connectivity index (χ2n) is 7.61. The highest BCUT2D eigenvalue weighted by atomic mass is 32.1. The molecule has 31 heavy (non-hydrogen) atoms. The summed E-state index contributed by atoms with van der Waals surface area (Å²) in [6.07, 6.45) is 6.61. The number of nitrogens with zero attached hydrogens (tertiary/aromatic N) is 3. The maximum absolute atomic E-state index is 13.4. The number of rotatable bonds is 7. The van der Waals surface area contributed by atoms with E-state index < -0.39 is 11.9 Å². The van der Waals surface area contributed by atoms with Crippen LogP contribution in [0, 0.1) is 5.82 Å². The van der Waals surface area contributed by atoms with Crippen molar-refractivity contribution in [2.24, 2.45) is 0 Å². The van der Waals surface area contributed by atoms with Crippen molar-refractivity contribution in [3.05, 3.63) is 70.9 Å². The lowest BCUT2D eigenvalue weighted by atomic mass is 9.95. The van der Waals surface area contributed by atoms with Gasteiger partial charge in [0.2, 0.25) is 0 Å². The zero-order valence-corrected chi connectivity index (χ0v) is 17.7. The molecule has 9 heteroatoms. The fourth-order valence-electron chi connectivity index (χ4n) is 3.87. The van der Waals surface area contributed by atoms with E-state index in [9.17, 15) is 14.0 Å². The predicted octanol–water partition coefficient (Wildman–Crippen LogP) is 4.10. The van der Waals surface area contributed by atoms with Gasteiger partial charge < -0.3 is 14.6 Å². The van der Waals surface area contributed by atoms with Crippen molar-refractivity contribution in [1.82, 2.24) is 19.8 Å². The molecule has 4 rings (SSSR count). The molecule has 1 aromatic carbocycles. The number of halogens is 1. The summed E-state index contributed by atoms with van der Waals surface area (Å²) in [4.78, 5) is 28.2. The summed E-state index contributed by atoms with van der Waals surface area (Å²) < 4.78 is 22.7. The third kappa shape index (κ3) is 5.16. The molecule has 2 aromatic heterocycles. The number of amides is 2. The largest absolute Gasteiger partial charge is 0.467 e. The van der Waals surface area contributed by atoms with Crippen molar-refractivity contribution in [3.63, 3.8) is 0 Å². The van der Waals surface area contributed by atoms with Crippen LogP contribution in [0.1, 0.15) is 60.0 Å². The molecular formula is C22H23FN4O3S. The van der Waals surface area contributed by atoms with Gasteiger partial charge in [0.05, 0.1) is 6.26 Å². The number of carbonyl (C=O) groups is 2. The van der Waals surface area contributed by atoms with Crippen molar-refractivity contribution < 1.29 is 18.4 Å². The summed E-state index contributed by atoms with van der Waals surface area (Å²) in [6.45, 7) is 0.0834. The lowest BCUT2D eigenvalue weighted by molar-refractivity contribution is -0.127. The Bertz CT molecular complexity index is 986. The molecule has 1 aliphatic rings. The van der Waals surface area contributed by atoms with Crippen LogP contribution in [0.5, 0.6) is 0 Å². The first-order valence-corrected chi connectivity index (χ1v) is 11.1. The molecule has 1 N–H and O–H groups in total. The van der Waals surface area contributed by atoms with Gasteiger partial charge in [-0.05, 0) is 54.2 Å². The van der Waals surface area contributed by atoms with Crippen LogP contribution in [-0.4, -0.2) is 32.3 Å². The van der Waals surface area contributed by atoms with Gasteiger partial charge in [-0.15, -0.1) is 5.10 Å². The standard InChI is InChI=1S/C22H23FN4O3S/c23-16-10-8-15(9-11-16)13-27(22(29)18-14-31-26-25-18)20(19-7-4-12-30-19)21(28)24-17-5-2-1-3-6-17/h4,7-12,14,17,20H,1-3,5-6,13H2,(H,24,28)/t20-/m1/s1. The van der Waals surface area contributed by atoms with Crippen molar-refractivity contribution >= 4 is 23.3 Å². The van der Waals surface area contributed by atoms with E-state index >= 15 is 0 Å². The van der Waals surface area contributed by atoms with Crippen molar-refractivity contribution in [2.75, 3.05) is 0 Å². The first-order valence-electron chi connectivity index (χ1n) is 10.3. The molecule has 162 valence electrons. The van der Waals surface area contributed by atoms with Gasteiger partial charge in [-0.25, -0.2) is 4.39 Å². The van der Waals surface area contributed by atoms with Crippen LogP contribution in [0.4, 0.5) is 4.39 Å². The number of nitrogens with one attached hydrogen (secondary N) is 1. The SMILES string of the molecule is O=C(NC1CCCCC1)[C@@H](c1ccco1)N(Cc1ccc(F)cc1)C(=O)c1csnn1. The van der Waals surface area contributed by atoms with E-state index in [1.165, 1.54) is 35.1 Å². The first-order chi connectivity index (χ1) is 15.1. The number of benzene rings is 1. The molecule has 0 bridgehead atoms. The van der Waals surface area contributed by atoms with E-state index in [1.807, 2.05) is 0 Å². The summed E-state index contributed by atoms with van der Waals surface area (Å²) in [6, 6.07) is 8.27. The smallest absolute Gasteiger partial charge is 0.276 e. The number of furan rings is 1. The maximum atomic E-state index is 13.4. The summed E-state index contributed by atoms with van der Waals surface area (Å²) in [7, 11) is 0. The highest BCUT2D eigenvalue weighted by molar-refractivity contribution is 7.03. The van der Waals surface area contributed by atoms with Gasteiger partial charge in [0.25, 0.3) is 11.8 Å². The normalized spacial score (nSPS) is 15.4. The molecule has 0 aliphatic heterocycles. The molecule has 1 atom stereocenters. The maximum Gasteiger partial charge on any atom is 0.276 e. The Labute approximate surface area is 183 Å². The Morgan fingerprint density at radius 3 is 2.61 bits per heavy atom. The molecule has 0 spiro atoms. The summed E-state index contributed by atoms with van der Waals surface area (Å²) in [5.41, 5.74) is 0.828. The van der Waals surface area contributed by atoms with Crippen molar-refractivity contribution in [2.45, 2.75) is 50.7 Å². The van der Waals surface area contributed by atoms with Crippen molar-refractivity contribution in [1.29, 1.82) is 0 Å². The molecule has 7 nitrogen and oxygen atoms in total. The topological polar surface area (TPSA) is 88.3 Å². The summed E-state index contributed by atoms with van der Waals surface area (Å²) in [5, 5.41) is 8.52. The Morgan fingerprint density at radius 1 is 1.19 bits per heavy atom. The van der Waals surface area contributed by atoms with Gasteiger partial charge >= 0.3 is 0 Å². The van der Waals surface area contributed by atoms with Gasteiger partial charge in [-0.3, -0.25) is 9.59 Å². The number of aromatic nitrogens is 2. The second kappa shape index (κ2) is 9.82. The fourth-order valence-corrected chi connectivity index (χ4v) is 4.30. The molecule has 0 radical (unpaired) electrons. The molecule has 1 fully saturated rings. The third-order valence-corrected chi connectivity index (χ3v) is 5.94. The van der Waals surface area contributed by atoms with E-state index in [2.05, 4.69) is 14.9 Å². The molecular weight excluding hydrogens is 419 g/mol. The Morgan fingerprint density at radius 2 is 1.97 bits per heavy atom. The predicted molar refractivity (Wildman–Crippen MR) is 113 cm³/mol. The molecule has 2 heterocycles. The van der Waals surface area contributed by atoms with Gasteiger partial charge in [-0.2, -0.15) is 0 Å². The highest BCUT2D eigenvalue weighted by Gasteiger charge is 2.36. The minimum absolute atomic E-state index is 0.0717. The average molecular weight is 443 g/mol. The Hall–Kier alpha value is -3.07. The lowest BCUT2D eigenvalue weighted by Gasteiger charge is -2.31. The number of hydrogen-bond acceptors (Lipinski definition) is 6. The van der Waals surface area contributed by atoms with Gasteiger partial charge in [0.15, 0.2) is 11.7 Å². The highest BCUT2D eigenvalue weighted by Crippen LogP contribution is 2.27. The average Bonchev–Trinajstić information content (AvgIpc) is 3.50. The fraction of sp³-hybridized carbons (Fsp3) is 0.364. The van der Waals surface area contributed by atoms with Crippen LogP contribution in [0.15, 0.2) is 52.5 Å². The van der Waals surface area contributed by atoms with Gasteiger partial charge in [0, 0.05) is 18.0 Å². The lowest BCUT2D eigenvalue weighted by Crippen LogP contribution is -2.46. The van der Waals surface area contributed by atoms with E-state index in [4.69, 9.17) is 4.42 Å². The first kappa shape index (κ1) is 21.2. The second-order valence-corrected chi connectivity index (χ2v) is 8.22. The molecule has 1 aliphatic carbocycles. The van der Waals surface area contributed by atoms with Crippen LogP contribution >= 0.6 is 11.5 Å². The van der Waals surface area contributed by atoms with Crippen LogP contribution in [-0.2, 0) is 11.3 Å². The van der Waals surface area contributed by atoms with E-state index in [1.54, 1.807) is 24.3 Å². The van der Waals surface area contributed by atoms with Crippen molar-refractivity contribution in [3.8, 4) is 0 Å². The number of carbonyl (C=O) groups excluding carboxylic acids is 2. The zero-order valence-electron chi connectivity index (χ0n) is 16.9. The minimum Gasteiger partial charge on any atom is -0.467 e. The van der Waals surface area contributed by atoms with Crippen LogP contribution in [0.3, 0.4) is 0 Å². The molecule has 2 amide bonds.